The SMILES string of the molecule is CCCCCNC(=O)/C=C/c1c(F)cccc1Cl. The zero-order valence-electron chi connectivity index (χ0n) is 10.4. The van der Waals surface area contributed by atoms with Gasteiger partial charge < -0.3 is 5.32 Å². The summed E-state index contributed by atoms with van der Waals surface area (Å²) in [7, 11) is 0. The Kier molecular flexibility index (Phi) is 6.44. The monoisotopic (exact) mass is 269 g/mol. The Balaban J connectivity index is 2.51. The van der Waals surface area contributed by atoms with Gasteiger partial charge in [0.25, 0.3) is 0 Å². The minimum absolute atomic E-state index is 0.231. The minimum atomic E-state index is -0.433. The zero-order valence-corrected chi connectivity index (χ0v) is 11.1. The van der Waals surface area contributed by atoms with Crippen molar-refractivity contribution in [2.24, 2.45) is 0 Å². The lowest BCUT2D eigenvalue weighted by molar-refractivity contribution is -0.116. The van der Waals surface area contributed by atoms with E-state index in [1.165, 1.54) is 24.3 Å². The number of benzene rings is 1. The van der Waals surface area contributed by atoms with Crippen molar-refractivity contribution >= 4 is 23.6 Å². The standard InChI is InChI=1S/C14H17ClFNO/c1-2-3-4-10-17-14(18)9-8-11-12(15)6-5-7-13(11)16/h5-9H,2-4,10H2,1H3,(H,17,18)/b9-8+. The molecule has 98 valence electrons. The predicted octanol–water partition coefficient (Wildman–Crippen LogP) is 3.80. The fourth-order valence-corrected chi connectivity index (χ4v) is 1.70. The quantitative estimate of drug-likeness (QED) is 0.618. The van der Waals surface area contributed by atoms with Crippen molar-refractivity contribution in [1.82, 2.24) is 5.32 Å². The molecule has 0 aliphatic carbocycles. The van der Waals surface area contributed by atoms with Crippen LogP contribution in [0.25, 0.3) is 6.08 Å². The highest BCUT2D eigenvalue weighted by molar-refractivity contribution is 6.32. The molecule has 0 heterocycles. The second-order valence-corrected chi connectivity index (χ2v) is 4.37. The van der Waals surface area contributed by atoms with Gasteiger partial charge in [0.05, 0.1) is 5.02 Å². The molecule has 0 aromatic heterocycles. The van der Waals surface area contributed by atoms with Gasteiger partial charge in [-0.15, -0.1) is 0 Å². The number of rotatable bonds is 6. The first-order valence-electron chi connectivity index (χ1n) is 6.05. The van der Waals surface area contributed by atoms with Crippen LogP contribution in [-0.2, 0) is 4.79 Å². The Morgan fingerprint density at radius 3 is 2.89 bits per heavy atom. The topological polar surface area (TPSA) is 29.1 Å². The van der Waals surface area contributed by atoms with E-state index in [4.69, 9.17) is 11.6 Å². The van der Waals surface area contributed by atoms with E-state index in [0.717, 1.165) is 19.3 Å². The molecule has 0 atom stereocenters. The highest BCUT2D eigenvalue weighted by Crippen LogP contribution is 2.20. The van der Waals surface area contributed by atoms with Crippen LogP contribution in [0.1, 0.15) is 31.7 Å². The van der Waals surface area contributed by atoms with Crippen LogP contribution in [0, 0.1) is 5.82 Å². The Hall–Kier alpha value is -1.35. The second-order valence-electron chi connectivity index (χ2n) is 3.97. The number of hydrogen-bond donors (Lipinski definition) is 1. The van der Waals surface area contributed by atoms with E-state index in [1.54, 1.807) is 6.07 Å². The molecule has 1 amide bonds. The Bertz CT molecular complexity index is 412. The summed E-state index contributed by atoms with van der Waals surface area (Å²) in [6, 6.07) is 4.42. The maximum atomic E-state index is 13.4. The number of nitrogens with one attached hydrogen (secondary N) is 1. The van der Waals surface area contributed by atoms with Crippen molar-refractivity contribution in [2.45, 2.75) is 26.2 Å². The largest absolute Gasteiger partial charge is 0.353 e. The average molecular weight is 270 g/mol. The molecule has 4 heteroatoms. The molecule has 1 aromatic rings. The Morgan fingerprint density at radius 2 is 2.22 bits per heavy atom. The van der Waals surface area contributed by atoms with Crippen molar-refractivity contribution in [1.29, 1.82) is 0 Å². The molecule has 0 fully saturated rings. The molecule has 0 aliphatic rings. The van der Waals surface area contributed by atoms with Gasteiger partial charge in [-0.25, -0.2) is 4.39 Å². The van der Waals surface area contributed by atoms with E-state index in [1.807, 2.05) is 0 Å². The summed E-state index contributed by atoms with van der Waals surface area (Å²) in [5, 5.41) is 3.03. The van der Waals surface area contributed by atoms with Gasteiger partial charge in [-0.3, -0.25) is 4.79 Å². The van der Waals surface area contributed by atoms with Gasteiger partial charge in [-0.1, -0.05) is 37.4 Å². The summed E-state index contributed by atoms with van der Waals surface area (Å²) in [6.07, 6.45) is 5.85. The van der Waals surface area contributed by atoms with Gasteiger partial charge in [-0.2, -0.15) is 0 Å². The fraction of sp³-hybridized carbons (Fsp3) is 0.357. The maximum absolute atomic E-state index is 13.4. The summed E-state index contributed by atoms with van der Waals surface area (Å²) in [6.45, 7) is 2.74. The van der Waals surface area contributed by atoms with E-state index < -0.39 is 5.82 Å². The van der Waals surface area contributed by atoms with Crippen molar-refractivity contribution in [3.63, 3.8) is 0 Å². The van der Waals surface area contributed by atoms with Gasteiger partial charge in [-0.05, 0) is 24.6 Å². The van der Waals surface area contributed by atoms with E-state index in [-0.39, 0.29) is 11.5 Å². The number of halogens is 2. The van der Waals surface area contributed by atoms with Crippen molar-refractivity contribution in [3.05, 3.63) is 40.7 Å². The smallest absolute Gasteiger partial charge is 0.244 e. The van der Waals surface area contributed by atoms with Crippen LogP contribution in [-0.4, -0.2) is 12.5 Å². The maximum Gasteiger partial charge on any atom is 0.244 e. The van der Waals surface area contributed by atoms with Crippen LogP contribution in [0.4, 0.5) is 4.39 Å². The highest BCUT2D eigenvalue weighted by atomic mass is 35.5. The molecular weight excluding hydrogens is 253 g/mol. The summed E-state index contributed by atoms with van der Waals surface area (Å²) in [4.78, 5) is 11.4. The normalized spacial score (nSPS) is 10.8. The van der Waals surface area contributed by atoms with Crippen LogP contribution in [0.2, 0.25) is 5.02 Å². The van der Waals surface area contributed by atoms with Crippen molar-refractivity contribution in [2.75, 3.05) is 6.54 Å². The molecule has 0 unspecified atom stereocenters. The lowest BCUT2D eigenvalue weighted by Gasteiger charge is -2.01. The lowest BCUT2D eigenvalue weighted by atomic mass is 10.2. The molecule has 0 radical (unpaired) electrons. The van der Waals surface area contributed by atoms with E-state index in [0.29, 0.717) is 11.6 Å². The molecule has 18 heavy (non-hydrogen) atoms. The third kappa shape index (κ3) is 4.88. The van der Waals surface area contributed by atoms with Gasteiger partial charge in [0, 0.05) is 18.2 Å². The van der Waals surface area contributed by atoms with Crippen molar-refractivity contribution in [3.8, 4) is 0 Å². The van der Waals surface area contributed by atoms with Gasteiger partial charge in [0.2, 0.25) is 5.91 Å². The van der Waals surface area contributed by atoms with Crippen molar-refractivity contribution < 1.29 is 9.18 Å². The predicted molar refractivity (Wildman–Crippen MR) is 73.0 cm³/mol. The molecule has 1 aromatic carbocycles. The van der Waals surface area contributed by atoms with Crippen LogP contribution >= 0.6 is 11.6 Å². The van der Waals surface area contributed by atoms with Crippen LogP contribution in [0.15, 0.2) is 24.3 Å². The molecule has 1 N–H and O–H groups in total. The van der Waals surface area contributed by atoms with E-state index in [2.05, 4.69) is 12.2 Å². The Labute approximate surface area is 112 Å². The number of hydrogen-bond acceptors (Lipinski definition) is 1. The lowest BCUT2D eigenvalue weighted by Crippen LogP contribution is -2.21. The number of amides is 1. The molecule has 2 nitrogen and oxygen atoms in total. The first-order valence-corrected chi connectivity index (χ1v) is 6.43. The Morgan fingerprint density at radius 1 is 1.44 bits per heavy atom. The van der Waals surface area contributed by atoms with Gasteiger partial charge in [0.15, 0.2) is 0 Å². The van der Waals surface area contributed by atoms with Gasteiger partial charge >= 0.3 is 0 Å². The summed E-state index contributed by atoms with van der Waals surface area (Å²) in [5.74, 6) is -0.664. The molecule has 0 aliphatic heterocycles. The first-order chi connectivity index (χ1) is 8.65. The van der Waals surface area contributed by atoms with E-state index in [9.17, 15) is 9.18 Å². The van der Waals surface area contributed by atoms with E-state index >= 15 is 0 Å². The number of carbonyl (C=O) groups excluding carboxylic acids is 1. The zero-order chi connectivity index (χ0) is 13.4. The fourth-order valence-electron chi connectivity index (χ4n) is 1.47. The number of unbranched alkanes of at least 4 members (excludes halogenated alkanes) is 2. The minimum Gasteiger partial charge on any atom is -0.353 e. The summed E-state index contributed by atoms with van der Waals surface area (Å²) in [5.41, 5.74) is 0.239. The van der Waals surface area contributed by atoms with Crippen LogP contribution in [0.3, 0.4) is 0 Å². The molecule has 0 bridgehead atoms. The summed E-state index contributed by atoms with van der Waals surface area (Å²) < 4.78 is 13.4. The summed E-state index contributed by atoms with van der Waals surface area (Å²) >= 11 is 5.84. The highest BCUT2D eigenvalue weighted by Gasteiger charge is 2.03. The first kappa shape index (κ1) is 14.7. The molecule has 0 spiro atoms. The average Bonchev–Trinajstić information content (AvgIpc) is 2.34. The van der Waals surface area contributed by atoms with Crippen LogP contribution in [0.5, 0.6) is 0 Å². The number of carbonyl (C=O) groups is 1. The molecule has 1 rings (SSSR count). The molecular formula is C14H17ClFNO. The second kappa shape index (κ2) is 7.88. The molecule has 0 saturated heterocycles. The third-order valence-corrected chi connectivity index (χ3v) is 2.81. The van der Waals surface area contributed by atoms with Crippen LogP contribution < -0.4 is 5.32 Å². The third-order valence-electron chi connectivity index (χ3n) is 2.48. The molecule has 0 saturated carbocycles. The van der Waals surface area contributed by atoms with Gasteiger partial charge in [0.1, 0.15) is 5.82 Å².